The SMILES string of the molecule is c1ccc(-c2nc(-n3c4ccccc4c4c5ccccc5c5cc6ccccc6n5c43)nc3c2ccc2ccccc23)cc1. The molecule has 0 bridgehead atoms. The molecule has 0 saturated heterocycles. The summed E-state index contributed by atoms with van der Waals surface area (Å²) in [7, 11) is 0. The standard InChI is InChI=1S/C40H24N4/c1-2-13-26(14-3-1)37-32-23-22-25-12-4-6-16-28(25)38(32)42-40(41-37)44-34-21-11-9-19-31(34)36-30-18-8-7-17-29(30)35-24-27-15-5-10-20-33(27)43(35)39(36)44/h1-24H. The Hall–Kier alpha value is -6.00. The number of para-hydroxylation sites is 2. The summed E-state index contributed by atoms with van der Waals surface area (Å²) in [4.78, 5) is 10.8. The first kappa shape index (κ1) is 23.6. The van der Waals surface area contributed by atoms with Crippen LogP contribution in [0.5, 0.6) is 0 Å². The van der Waals surface area contributed by atoms with Crippen LogP contribution in [0.25, 0.3) is 88.0 Å². The number of benzene rings is 6. The zero-order valence-electron chi connectivity index (χ0n) is 23.6. The lowest BCUT2D eigenvalue weighted by Gasteiger charge is -2.14. The van der Waals surface area contributed by atoms with E-state index in [-0.39, 0.29) is 0 Å². The van der Waals surface area contributed by atoms with Crippen molar-refractivity contribution in [2.45, 2.75) is 0 Å². The van der Waals surface area contributed by atoms with Gasteiger partial charge in [-0.05, 0) is 35.0 Å². The maximum atomic E-state index is 5.42. The highest BCUT2D eigenvalue weighted by molar-refractivity contribution is 6.24. The first-order valence-corrected chi connectivity index (χ1v) is 14.9. The van der Waals surface area contributed by atoms with Gasteiger partial charge in [-0.15, -0.1) is 0 Å². The normalized spacial score (nSPS) is 12.1. The summed E-state index contributed by atoms with van der Waals surface area (Å²) < 4.78 is 4.69. The minimum absolute atomic E-state index is 0.660. The summed E-state index contributed by atoms with van der Waals surface area (Å²) in [6.07, 6.45) is 0. The van der Waals surface area contributed by atoms with E-state index in [1.165, 1.54) is 32.4 Å². The number of aromatic nitrogens is 4. The van der Waals surface area contributed by atoms with E-state index < -0.39 is 0 Å². The molecule has 0 atom stereocenters. The fraction of sp³-hybridized carbons (Fsp3) is 0. The van der Waals surface area contributed by atoms with E-state index in [2.05, 4.69) is 155 Å². The molecule has 0 fully saturated rings. The molecule has 4 heteroatoms. The van der Waals surface area contributed by atoms with Crippen molar-refractivity contribution < 1.29 is 0 Å². The minimum Gasteiger partial charge on any atom is -0.294 e. The summed E-state index contributed by atoms with van der Waals surface area (Å²) in [5, 5.41) is 9.37. The summed E-state index contributed by atoms with van der Waals surface area (Å²) >= 11 is 0. The van der Waals surface area contributed by atoms with Crippen LogP contribution in [0.2, 0.25) is 0 Å². The van der Waals surface area contributed by atoms with Gasteiger partial charge in [-0.2, -0.15) is 0 Å². The van der Waals surface area contributed by atoms with Gasteiger partial charge in [-0.3, -0.25) is 8.97 Å². The van der Waals surface area contributed by atoms with Crippen molar-refractivity contribution in [2.24, 2.45) is 0 Å². The summed E-state index contributed by atoms with van der Waals surface area (Å²) in [5.74, 6) is 0.660. The highest BCUT2D eigenvalue weighted by Gasteiger charge is 2.23. The highest BCUT2D eigenvalue weighted by Crippen LogP contribution is 2.41. The molecular formula is C40H24N4. The van der Waals surface area contributed by atoms with E-state index in [0.29, 0.717) is 5.95 Å². The first-order chi connectivity index (χ1) is 21.8. The fourth-order valence-corrected chi connectivity index (χ4v) is 7.18. The lowest BCUT2D eigenvalue weighted by molar-refractivity contribution is 0.993. The minimum atomic E-state index is 0.660. The van der Waals surface area contributed by atoms with Crippen molar-refractivity contribution in [3.05, 3.63) is 146 Å². The second-order valence-electron chi connectivity index (χ2n) is 11.4. The number of fused-ring (bicyclic) bond motifs is 13. The van der Waals surface area contributed by atoms with Crippen molar-refractivity contribution >= 4 is 70.8 Å². The third-order valence-corrected chi connectivity index (χ3v) is 9.07. The Morgan fingerprint density at radius 3 is 1.93 bits per heavy atom. The first-order valence-electron chi connectivity index (χ1n) is 14.9. The van der Waals surface area contributed by atoms with Crippen LogP contribution in [0.4, 0.5) is 0 Å². The quantitative estimate of drug-likeness (QED) is 0.197. The van der Waals surface area contributed by atoms with E-state index in [9.17, 15) is 0 Å². The lowest BCUT2D eigenvalue weighted by Crippen LogP contribution is -2.06. The molecule has 0 N–H and O–H groups in total. The Labute approximate surface area is 252 Å². The van der Waals surface area contributed by atoms with Gasteiger partial charge in [-0.25, -0.2) is 9.97 Å². The van der Waals surface area contributed by atoms with E-state index in [1.54, 1.807) is 0 Å². The predicted octanol–water partition coefficient (Wildman–Crippen LogP) is 10.1. The number of hydrogen-bond donors (Lipinski definition) is 0. The molecule has 44 heavy (non-hydrogen) atoms. The summed E-state index contributed by atoms with van der Waals surface area (Å²) in [5.41, 5.74) is 7.43. The Morgan fingerprint density at radius 2 is 1.09 bits per heavy atom. The molecular weight excluding hydrogens is 536 g/mol. The van der Waals surface area contributed by atoms with Crippen LogP contribution in [0.15, 0.2) is 146 Å². The molecule has 4 nitrogen and oxygen atoms in total. The second-order valence-corrected chi connectivity index (χ2v) is 11.4. The Morgan fingerprint density at radius 1 is 0.432 bits per heavy atom. The van der Waals surface area contributed by atoms with E-state index in [1.807, 2.05) is 0 Å². The monoisotopic (exact) mass is 560 g/mol. The zero-order valence-corrected chi connectivity index (χ0v) is 23.6. The van der Waals surface area contributed by atoms with Gasteiger partial charge in [0, 0.05) is 37.9 Å². The van der Waals surface area contributed by atoms with Crippen LogP contribution >= 0.6 is 0 Å². The molecule has 0 spiro atoms. The van der Waals surface area contributed by atoms with Gasteiger partial charge in [0.2, 0.25) is 5.95 Å². The molecule has 4 heterocycles. The molecule has 0 aliphatic carbocycles. The lowest BCUT2D eigenvalue weighted by atomic mass is 10.0. The van der Waals surface area contributed by atoms with Crippen LogP contribution in [-0.2, 0) is 0 Å². The van der Waals surface area contributed by atoms with Crippen molar-refractivity contribution in [2.75, 3.05) is 0 Å². The molecule has 0 unspecified atom stereocenters. The third kappa shape index (κ3) is 3.11. The summed E-state index contributed by atoms with van der Waals surface area (Å²) in [6.45, 7) is 0. The van der Waals surface area contributed by atoms with Gasteiger partial charge in [0.1, 0.15) is 5.65 Å². The smallest absolute Gasteiger partial charge is 0.237 e. The van der Waals surface area contributed by atoms with Crippen LogP contribution in [0.1, 0.15) is 0 Å². The van der Waals surface area contributed by atoms with E-state index in [0.717, 1.165) is 49.6 Å². The Balaban J connectivity index is 1.48. The topological polar surface area (TPSA) is 35.1 Å². The van der Waals surface area contributed by atoms with Crippen LogP contribution in [-0.4, -0.2) is 18.9 Å². The van der Waals surface area contributed by atoms with Crippen molar-refractivity contribution in [1.29, 1.82) is 0 Å². The van der Waals surface area contributed by atoms with Crippen LogP contribution < -0.4 is 0 Å². The summed E-state index contributed by atoms with van der Waals surface area (Å²) in [6, 6.07) is 51.7. The van der Waals surface area contributed by atoms with E-state index >= 15 is 0 Å². The van der Waals surface area contributed by atoms with Crippen molar-refractivity contribution in [1.82, 2.24) is 18.9 Å². The second kappa shape index (κ2) is 8.76. The molecule has 10 rings (SSSR count). The maximum absolute atomic E-state index is 5.42. The largest absolute Gasteiger partial charge is 0.294 e. The van der Waals surface area contributed by atoms with Crippen molar-refractivity contribution in [3.63, 3.8) is 0 Å². The molecule has 10 aromatic rings. The van der Waals surface area contributed by atoms with Crippen molar-refractivity contribution in [3.8, 4) is 17.2 Å². The van der Waals surface area contributed by atoms with E-state index in [4.69, 9.17) is 9.97 Å². The van der Waals surface area contributed by atoms with Gasteiger partial charge >= 0.3 is 0 Å². The number of pyridine rings is 1. The zero-order chi connectivity index (χ0) is 28.8. The van der Waals surface area contributed by atoms with Gasteiger partial charge in [0.25, 0.3) is 0 Å². The number of rotatable bonds is 2. The van der Waals surface area contributed by atoms with Gasteiger partial charge in [-0.1, -0.05) is 121 Å². The molecule has 204 valence electrons. The average Bonchev–Trinajstić information content (AvgIpc) is 3.65. The van der Waals surface area contributed by atoms with Gasteiger partial charge < -0.3 is 0 Å². The molecule has 0 aliphatic rings. The predicted molar refractivity (Wildman–Crippen MR) is 183 cm³/mol. The van der Waals surface area contributed by atoms with Crippen LogP contribution in [0, 0.1) is 0 Å². The number of hydrogen-bond acceptors (Lipinski definition) is 2. The van der Waals surface area contributed by atoms with Gasteiger partial charge in [0.15, 0.2) is 0 Å². The van der Waals surface area contributed by atoms with Crippen LogP contribution in [0.3, 0.4) is 0 Å². The number of nitrogens with zero attached hydrogens (tertiary/aromatic N) is 4. The molecule has 4 aromatic heterocycles. The Kier molecular flexibility index (Phi) is 4.69. The molecule has 0 amide bonds. The maximum Gasteiger partial charge on any atom is 0.237 e. The third-order valence-electron chi connectivity index (χ3n) is 9.07. The molecule has 0 radical (unpaired) electrons. The average molecular weight is 561 g/mol. The Bertz CT molecular complexity index is 2770. The molecule has 0 aliphatic heterocycles. The molecule has 0 saturated carbocycles. The molecule has 6 aromatic carbocycles. The fourth-order valence-electron chi connectivity index (χ4n) is 7.18. The highest BCUT2D eigenvalue weighted by atomic mass is 15.2. The van der Waals surface area contributed by atoms with Gasteiger partial charge in [0.05, 0.1) is 27.8 Å².